The van der Waals surface area contributed by atoms with Gasteiger partial charge in [0.25, 0.3) is 0 Å². The highest BCUT2D eigenvalue weighted by molar-refractivity contribution is 9.10. The Kier molecular flexibility index (Phi) is 6.00. The Morgan fingerprint density at radius 2 is 0.783 bits per heavy atom. The topological polar surface area (TPSA) is 0 Å². The van der Waals surface area contributed by atoms with Crippen molar-refractivity contribution in [3.8, 4) is 44.5 Å². The Bertz CT molecular complexity index is 2240. The van der Waals surface area contributed by atoms with E-state index in [-0.39, 0.29) is 10.8 Å². The van der Waals surface area contributed by atoms with Gasteiger partial charge in [-0.15, -0.1) is 0 Å². The van der Waals surface area contributed by atoms with Gasteiger partial charge >= 0.3 is 0 Å². The molecule has 7 aromatic rings. The standard InChI is InChI=1S/C44H32Br2/c1-43(2)35-23-27(45)15-17-29(35)31-19-21-33-38(26-13-9-6-10-14-26)40-34(37(39(33)41(31)43)25-11-7-5-8-12-25)22-20-32-30-18-16-28(46)24-36(30)44(3,4)42(32)40/h5-24H,1-4H3. The van der Waals surface area contributed by atoms with E-state index in [4.69, 9.17) is 0 Å². The second kappa shape index (κ2) is 9.77. The molecule has 0 saturated carbocycles. The van der Waals surface area contributed by atoms with Gasteiger partial charge in [0, 0.05) is 19.8 Å². The zero-order chi connectivity index (χ0) is 31.5. The van der Waals surface area contributed by atoms with Crippen LogP contribution in [0.15, 0.2) is 130 Å². The summed E-state index contributed by atoms with van der Waals surface area (Å²) < 4.78 is 2.25. The summed E-state index contributed by atoms with van der Waals surface area (Å²) in [5.74, 6) is 0. The van der Waals surface area contributed by atoms with Crippen LogP contribution in [-0.2, 0) is 10.8 Å². The predicted molar refractivity (Wildman–Crippen MR) is 203 cm³/mol. The third-order valence-corrected chi connectivity index (χ3v) is 11.7. The van der Waals surface area contributed by atoms with Crippen molar-refractivity contribution in [2.75, 3.05) is 0 Å². The van der Waals surface area contributed by atoms with E-state index in [0.29, 0.717) is 0 Å². The van der Waals surface area contributed by atoms with Crippen molar-refractivity contribution in [3.63, 3.8) is 0 Å². The Hall–Kier alpha value is -3.98. The number of hydrogen-bond donors (Lipinski definition) is 0. The summed E-state index contributed by atoms with van der Waals surface area (Å²) in [5.41, 5.74) is 15.8. The molecule has 0 aromatic heterocycles. The van der Waals surface area contributed by atoms with E-state index in [1.165, 1.54) is 88.3 Å². The lowest BCUT2D eigenvalue weighted by molar-refractivity contribution is 0.665. The lowest BCUT2D eigenvalue weighted by Crippen LogP contribution is -2.17. The molecule has 7 aromatic carbocycles. The minimum absolute atomic E-state index is 0.183. The second-order valence-corrected chi connectivity index (χ2v) is 15.8. The summed E-state index contributed by atoms with van der Waals surface area (Å²) >= 11 is 7.58. The summed E-state index contributed by atoms with van der Waals surface area (Å²) in [6, 6.07) is 45.4. The van der Waals surface area contributed by atoms with Crippen LogP contribution in [0.2, 0.25) is 0 Å². The fraction of sp³-hybridized carbons (Fsp3) is 0.136. The van der Waals surface area contributed by atoms with E-state index in [1.54, 1.807) is 0 Å². The Morgan fingerprint density at radius 1 is 0.413 bits per heavy atom. The van der Waals surface area contributed by atoms with Crippen molar-refractivity contribution in [3.05, 3.63) is 153 Å². The van der Waals surface area contributed by atoms with Crippen molar-refractivity contribution in [1.29, 1.82) is 0 Å². The molecule has 0 aliphatic heterocycles. The molecule has 0 nitrogen and oxygen atoms in total. The van der Waals surface area contributed by atoms with Crippen molar-refractivity contribution >= 4 is 53.4 Å². The van der Waals surface area contributed by atoms with E-state index < -0.39 is 0 Å². The number of benzene rings is 7. The molecule has 2 aliphatic rings. The smallest absolute Gasteiger partial charge is 0.0178 e. The van der Waals surface area contributed by atoms with Crippen LogP contribution >= 0.6 is 31.9 Å². The maximum Gasteiger partial charge on any atom is 0.0178 e. The lowest BCUT2D eigenvalue weighted by atomic mass is 9.73. The molecule has 222 valence electrons. The molecule has 0 atom stereocenters. The maximum absolute atomic E-state index is 3.79. The molecule has 0 bridgehead atoms. The van der Waals surface area contributed by atoms with Crippen LogP contribution < -0.4 is 0 Å². The summed E-state index contributed by atoms with van der Waals surface area (Å²) in [6.07, 6.45) is 0. The highest BCUT2D eigenvalue weighted by Gasteiger charge is 2.41. The highest BCUT2D eigenvalue weighted by atomic mass is 79.9. The molecule has 2 aliphatic carbocycles. The highest BCUT2D eigenvalue weighted by Crippen LogP contribution is 2.59. The molecule has 46 heavy (non-hydrogen) atoms. The SMILES string of the molecule is CC1(C)c2cc(Br)ccc2-c2ccc3c(-c4ccccc4)c4c5c(ccc4c(-c4ccccc4)c3c21)-c1ccc(Br)cc1C5(C)C. The average molecular weight is 721 g/mol. The zero-order valence-corrected chi connectivity index (χ0v) is 29.5. The minimum Gasteiger partial charge on any atom is -0.0622 e. The van der Waals surface area contributed by atoms with Crippen LogP contribution in [0.5, 0.6) is 0 Å². The van der Waals surface area contributed by atoms with Gasteiger partial charge in [-0.25, -0.2) is 0 Å². The van der Waals surface area contributed by atoms with Gasteiger partial charge in [-0.05, 0) is 113 Å². The summed E-state index contributed by atoms with van der Waals surface area (Å²) in [4.78, 5) is 0. The van der Waals surface area contributed by atoms with Crippen LogP contribution in [0, 0.1) is 0 Å². The van der Waals surface area contributed by atoms with Crippen LogP contribution in [0.1, 0.15) is 49.9 Å². The largest absolute Gasteiger partial charge is 0.0622 e. The first-order valence-corrected chi connectivity index (χ1v) is 17.6. The lowest BCUT2D eigenvalue weighted by Gasteiger charge is -2.29. The van der Waals surface area contributed by atoms with E-state index in [1.807, 2.05) is 0 Å². The van der Waals surface area contributed by atoms with Crippen LogP contribution in [0.3, 0.4) is 0 Å². The van der Waals surface area contributed by atoms with Crippen molar-refractivity contribution < 1.29 is 0 Å². The Balaban J connectivity index is 1.55. The maximum atomic E-state index is 3.79. The van der Waals surface area contributed by atoms with Gasteiger partial charge in [-0.1, -0.05) is 157 Å². The van der Waals surface area contributed by atoms with Gasteiger partial charge in [0.1, 0.15) is 0 Å². The predicted octanol–water partition coefficient (Wildman–Crippen LogP) is 13.5. The number of hydrogen-bond acceptors (Lipinski definition) is 0. The fourth-order valence-corrected chi connectivity index (χ4v) is 9.50. The van der Waals surface area contributed by atoms with Gasteiger partial charge in [0.05, 0.1) is 0 Å². The first-order valence-electron chi connectivity index (χ1n) is 16.0. The van der Waals surface area contributed by atoms with Gasteiger partial charge in [-0.3, -0.25) is 0 Å². The average Bonchev–Trinajstić information content (AvgIpc) is 3.43. The van der Waals surface area contributed by atoms with E-state index in [0.717, 1.165) is 8.95 Å². The molecule has 9 rings (SSSR count). The molecule has 0 radical (unpaired) electrons. The third-order valence-electron chi connectivity index (χ3n) is 10.7. The van der Waals surface area contributed by atoms with Gasteiger partial charge < -0.3 is 0 Å². The van der Waals surface area contributed by atoms with Gasteiger partial charge in [-0.2, -0.15) is 0 Å². The van der Waals surface area contributed by atoms with Crippen LogP contribution in [0.4, 0.5) is 0 Å². The number of rotatable bonds is 2. The summed E-state index contributed by atoms with van der Waals surface area (Å²) in [5, 5.41) is 5.36. The van der Waals surface area contributed by atoms with Gasteiger partial charge in [0.2, 0.25) is 0 Å². The summed E-state index contributed by atoms with van der Waals surface area (Å²) in [7, 11) is 0. The summed E-state index contributed by atoms with van der Waals surface area (Å²) in [6.45, 7) is 9.63. The molecular formula is C44H32Br2. The molecule has 0 saturated heterocycles. The van der Waals surface area contributed by atoms with Crippen molar-refractivity contribution in [1.82, 2.24) is 0 Å². The molecule has 0 fully saturated rings. The monoisotopic (exact) mass is 718 g/mol. The third kappa shape index (κ3) is 3.72. The Morgan fingerprint density at radius 3 is 1.17 bits per heavy atom. The molecule has 0 N–H and O–H groups in total. The Labute approximate surface area is 287 Å². The molecule has 2 heteroatoms. The normalized spacial score (nSPS) is 15.1. The number of fused-ring (bicyclic) bond motifs is 10. The molecular weight excluding hydrogens is 688 g/mol. The fourth-order valence-electron chi connectivity index (χ4n) is 8.77. The van der Waals surface area contributed by atoms with Crippen molar-refractivity contribution in [2.24, 2.45) is 0 Å². The van der Waals surface area contributed by atoms with E-state index >= 15 is 0 Å². The van der Waals surface area contributed by atoms with Gasteiger partial charge in [0.15, 0.2) is 0 Å². The van der Waals surface area contributed by atoms with E-state index in [9.17, 15) is 0 Å². The molecule has 0 heterocycles. The quantitative estimate of drug-likeness (QED) is 0.156. The van der Waals surface area contributed by atoms with Crippen LogP contribution in [0.25, 0.3) is 66.1 Å². The van der Waals surface area contributed by atoms with Crippen LogP contribution in [-0.4, -0.2) is 0 Å². The second-order valence-electron chi connectivity index (χ2n) is 13.9. The molecule has 0 amide bonds. The first kappa shape index (κ1) is 28.3. The van der Waals surface area contributed by atoms with E-state index in [2.05, 4.69) is 181 Å². The number of halogens is 2. The molecule has 0 unspecified atom stereocenters. The first-order chi connectivity index (χ1) is 22.2. The minimum atomic E-state index is -0.183. The zero-order valence-electron chi connectivity index (χ0n) is 26.3. The molecule has 0 spiro atoms. The van der Waals surface area contributed by atoms with Crippen molar-refractivity contribution in [2.45, 2.75) is 38.5 Å².